The summed E-state index contributed by atoms with van der Waals surface area (Å²) in [5, 5.41) is 0. The highest BCUT2D eigenvalue weighted by molar-refractivity contribution is 5.73. The average Bonchev–Trinajstić information content (AvgIpc) is 2.21. The number of hydrogen-bond acceptors (Lipinski definition) is 4. The lowest BCUT2D eigenvalue weighted by molar-refractivity contribution is 0.932. The first-order valence-electron chi connectivity index (χ1n) is 3.59. The molecule has 0 unspecified atom stereocenters. The van der Waals surface area contributed by atoms with Crippen LogP contribution in [0, 0.1) is 6.33 Å². The van der Waals surface area contributed by atoms with Crippen LogP contribution in [-0.4, -0.2) is 22.9 Å². The molecule has 59 valence electrons. The Morgan fingerprint density at radius 3 is 3.17 bits per heavy atom. The van der Waals surface area contributed by atoms with Gasteiger partial charge in [0, 0.05) is 18.6 Å². The third-order valence-corrected chi connectivity index (χ3v) is 1.51. The normalized spacial score (nSPS) is 15.2. The van der Waals surface area contributed by atoms with Gasteiger partial charge in [-0.15, -0.1) is 0 Å². The number of anilines is 1. The quantitative estimate of drug-likeness (QED) is 0.603. The minimum absolute atomic E-state index is 0.612. The summed E-state index contributed by atoms with van der Waals surface area (Å²) in [5.41, 5.74) is 0. The molecule has 2 rings (SSSR count). The highest BCUT2D eigenvalue weighted by Gasteiger charge is 2.03. The Kier molecular flexibility index (Phi) is 1.82. The van der Waals surface area contributed by atoms with Crippen LogP contribution >= 0.6 is 0 Å². The van der Waals surface area contributed by atoms with Gasteiger partial charge in [-0.2, -0.15) is 0 Å². The molecule has 0 saturated carbocycles. The number of hydrogen-bond donors (Lipinski definition) is 0. The van der Waals surface area contributed by atoms with E-state index in [1.165, 1.54) is 0 Å². The van der Waals surface area contributed by atoms with E-state index in [1.54, 1.807) is 12.4 Å². The second-order valence-electron chi connectivity index (χ2n) is 2.30. The van der Waals surface area contributed by atoms with E-state index in [0.29, 0.717) is 6.67 Å². The van der Waals surface area contributed by atoms with Crippen LogP contribution < -0.4 is 4.90 Å². The van der Waals surface area contributed by atoms with Gasteiger partial charge in [-0.1, -0.05) is 0 Å². The topological polar surface area (TPSA) is 41.4 Å². The van der Waals surface area contributed by atoms with Gasteiger partial charge in [0.05, 0.1) is 0 Å². The van der Waals surface area contributed by atoms with Crippen molar-refractivity contribution in [3.63, 3.8) is 0 Å². The molecule has 0 amide bonds. The molecular formula is C8H7N4. The summed E-state index contributed by atoms with van der Waals surface area (Å²) in [6.45, 7) is 0.612. The summed E-state index contributed by atoms with van der Waals surface area (Å²) in [6.07, 6.45) is 9.74. The number of aliphatic imine (C=N–C) groups is 1. The van der Waals surface area contributed by atoms with Crippen LogP contribution in [0.15, 0.2) is 29.5 Å². The summed E-state index contributed by atoms with van der Waals surface area (Å²) < 4.78 is 0. The first-order chi connectivity index (χ1) is 5.97. The number of aromatic nitrogens is 2. The maximum absolute atomic E-state index is 4.07. The van der Waals surface area contributed by atoms with Crippen LogP contribution in [0.4, 0.5) is 5.82 Å². The fourth-order valence-electron chi connectivity index (χ4n) is 0.949. The molecule has 1 aliphatic rings. The molecule has 1 aliphatic heterocycles. The molecule has 0 N–H and O–H groups in total. The molecule has 0 saturated heterocycles. The Labute approximate surface area is 70.3 Å². The van der Waals surface area contributed by atoms with Crippen molar-refractivity contribution in [1.82, 2.24) is 9.97 Å². The van der Waals surface area contributed by atoms with E-state index in [2.05, 4.69) is 21.3 Å². The summed E-state index contributed by atoms with van der Waals surface area (Å²) >= 11 is 0. The Morgan fingerprint density at radius 1 is 1.50 bits per heavy atom. The molecule has 1 aromatic heterocycles. The average molecular weight is 159 g/mol. The maximum atomic E-state index is 4.07. The van der Waals surface area contributed by atoms with Gasteiger partial charge in [-0.3, -0.25) is 4.99 Å². The smallest absolute Gasteiger partial charge is 0.199 e. The molecule has 0 aromatic carbocycles. The number of nitrogens with zero attached hydrogens (tertiary/aromatic N) is 4. The van der Waals surface area contributed by atoms with Crippen molar-refractivity contribution in [2.24, 2.45) is 4.99 Å². The zero-order chi connectivity index (χ0) is 8.23. The van der Waals surface area contributed by atoms with Gasteiger partial charge in [0.1, 0.15) is 12.5 Å². The fourth-order valence-corrected chi connectivity index (χ4v) is 0.949. The molecule has 1 radical (unpaired) electrons. The third-order valence-electron chi connectivity index (χ3n) is 1.51. The van der Waals surface area contributed by atoms with Crippen molar-refractivity contribution in [3.05, 3.63) is 30.9 Å². The highest BCUT2D eigenvalue weighted by atomic mass is 15.2. The first-order valence-corrected chi connectivity index (χ1v) is 3.59. The molecule has 12 heavy (non-hydrogen) atoms. The molecule has 1 aromatic rings. The van der Waals surface area contributed by atoms with Crippen molar-refractivity contribution in [1.29, 1.82) is 0 Å². The molecule has 0 aliphatic carbocycles. The van der Waals surface area contributed by atoms with Crippen LogP contribution in [0.1, 0.15) is 0 Å². The number of rotatable bonds is 1. The second kappa shape index (κ2) is 3.13. The van der Waals surface area contributed by atoms with E-state index in [9.17, 15) is 0 Å². The molecule has 0 bridgehead atoms. The highest BCUT2D eigenvalue weighted by Crippen LogP contribution is 2.09. The lowest BCUT2D eigenvalue weighted by Gasteiger charge is -2.17. The molecule has 0 spiro atoms. The summed E-state index contributed by atoms with van der Waals surface area (Å²) in [5.74, 6) is 0.818. The Bertz CT molecular complexity index is 304. The summed E-state index contributed by atoms with van der Waals surface area (Å²) in [4.78, 5) is 13.7. The van der Waals surface area contributed by atoms with Crippen LogP contribution in [0.25, 0.3) is 0 Å². The van der Waals surface area contributed by atoms with Gasteiger partial charge in [-0.05, 0) is 12.1 Å². The van der Waals surface area contributed by atoms with Crippen LogP contribution in [0.3, 0.4) is 0 Å². The van der Waals surface area contributed by atoms with Gasteiger partial charge in [0.15, 0.2) is 6.33 Å². The predicted molar refractivity (Wildman–Crippen MR) is 45.8 cm³/mol. The van der Waals surface area contributed by atoms with Crippen molar-refractivity contribution < 1.29 is 0 Å². The monoisotopic (exact) mass is 159 g/mol. The van der Waals surface area contributed by atoms with Gasteiger partial charge >= 0.3 is 0 Å². The Hall–Kier alpha value is -1.71. The SMILES string of the molecule is [c]1nccc(N2C=CC=NC2)n1. The first kappa shape index (κ1) is 6.97. The zero-order valence-electron chi connectivity index (χ0n) is 6.38. The zero-order valence-corrected chi connectivity index (χ0v) is 6.38. The molecule has 0 atom stereocenters. The van der Waals surface area contributed by atoms with Gasteiger partial charge in [0.2, 0.25) is 0 Å². The van der Waals surface area contributed by atoms with E-state index in [1.807, 2.05) is 23.2 Å². The van der Waals surface area contributed by atoms with E-state index < -0.39 is 0 Å². The molecular weight excluding hydrogens is 152 g/mol. The van der Waals surface area contributed by atoms with Gasteiger partial charge in [0.25, 0.3) is 0 Å². The van der Waals surface area contributed by atoms with E-state index in [-0.39, 0.29) is 0 Å². The number of allylic oxidation sites excluding steroid dienone is 1. The van der Waals surface area contributed by atoms with Gasteiger partial charge < -0.3 is 4.90 Å². The van der Waals surface area contributed by atoms with Crippen molar-refractivity contribution in [2.45, 2.75) is 0 Å². The van der Waals surface area contributed by atoms with Crippen molar-refractivity contribution in [2.75, 3.05) is 11.6 Å². The fraction of sp³-hybridized carbons (Fsp3) is 0.125. The minimum Gasteiger partial charge on any atom is -0.313 e. The summed E-state index contributed by atoms with van der Waals surface area (Å²) in [7, 11) is 0. The van der Waals surface area contributed by atoms with E-state index in [0.717, 1.165) is 5.82 Å². The van der Waals surface area contributed by atoms with Crippen LogP contribution in [0.2, 0.25) is 0 Å². The largest absolute Gasteiger partial charge is 0.313 e. The van der Waals surface area contributed by atoms with Crippen LogP contribution in [0.5, 0.6) is 0 Å². The van der Waals surface area contributed by atoms with Crippen molar-refractivity contribution >= 4 is 12.0 Å². The maximum Gasteiger partial charge on any atom is 0.199 e. The van der Waals surface area contributed by atoms with Crippen molar-refractivity contribution in [3.8, 4) is 0 Å². The molecule has 0 fully saturated rings. The molecule has 4 nitrogen and oxygen atoms in total. The van der Waals surface area contributed by atoms with Gasteiger partial charge in [-0.25, -0.2) is 9.97 Å². The molecule has 4 heteroatoms. The van der Waals surface area contributed by atoms with Crippen LogP contribution in [-0.2, 0) is 0 Å². The lowest BCUT2D eigenvalue weighted by atomic mass is 10.5. The second-order valence-corrected chi connectivity index (χ2v) is 2.30. The predicted octanol–water partition coefficient (Wildman–Crippen LogP) is 0.639. The third kappa shape index (κ3) is 1.32. The summed E-state index contributed by atoms with van der Waals surface area (Å²) in [6, 6.07) is 1.82. The molecule has 2 heterocycles. The van der Waals surface area contributed by atoms with E-state index in [4.69, 9.17) is 0 Å². The van der Waals surface area contributed by atoms with E-state index >= 15 is 0 Å². The Morgan fingerprint density at radius 2 is 2.50 bits per heavy atom. The minimum atomic E-state index is 0.612. The standard InChI is InChI=1S/C8H7N4/c1-3-10-7-12(5-1)8-2-4-9-6-11-8/h1-5H,7H2. The Balaban J connectivity index is 2.21. The lowest BCUT2D eigenvalue weighted by Crippen LogP contribution is -2.19.